The summed E-state index contributed by atoms with van der Waals surface area (Å²) in [7, 11) is 0. The van der Waals surface area contributed by atoms with Gasteiger partial charge >= 0.3 is 5.97 Å². The first kappa shape index (κ1) is 23.9. The molecule has 0 unspecified atom stereocenters. The molecule has 0 saturated carbocycles. The Labute approximate surface area is 207 Å². The Bertz CT molecular complexity index is 1430. The Hall–Kier alpha value is -4.26. The van der Waals surface area contributed by atoms with Gasteiger partial charge in [0.05, 0.1) is 23.9 Å². The summed E-state index contributed by atoms with van der Waals surface area (Å²) in [5.74, 6) is 0.154. The van der Waals surface area contributed by atoms with Crippen molar-refractivity contribution in [1.29, 1.82) is 0 Å². The van der Waals surface area contributed by atoms with E-state index in [2.05, 4.69) is 41.8 Å². The second kappa shape index (κ2) is 10.3. The number of carbonyl (C=O) groups excluding carboxylic acids is 2. The molecule has 2 heterocycles. The van der Waals surface area contributed by atoms with Crippen LogP contribution in [0.5, 0.6) is 11.5 Å². The number of carbonyl (C=O) groups is 2. The second-order valence-electron chi connectivity index (χ2n) is 7.15. The third-order valence-corrected chi connectivity index (χ3v) is 5.38. The highest BCUT2D eigenvalue weighted by molar-refractivity contribution is 9.10. The molecule has 35 heavy (non-hydrogen) atoms. The second-order valence-corrected chi connectivity index (χ2v) is 8.00. The molecule has 2 aromatic heterocycles. The van der Waals surface area contributed by atoms with Crippen molar-refractivity contribution in [3.63, 3.8) is 0 Å². The number of aromatic nitrogens is 4. The van der Waals surface area contributed by atoms with Crippen LogP contribution in [0.4, 0.5) is 5.82 Å². The van der Waals surface area contributed by atoms with Crippen molar-refractivity contribution in [2.45, 2.75) is 20.4 Å². The van der Waals surface area contributed by atoms with Gasteiger partial charge < -0.3 is 19.8 Å². The Morgan fingerprint density at radius 2 is 2.06 bits per heavy atom. The fourth-order valence-electron chi connectivity index (χ4n) is 3.27. The van der Waals surface area contributed by atoms with E-state index in [1.165, 1.54) is 13.1 Å². The molecule has 4 aromatic rings. The van der Waals surface area contributed by atoms with Crippen LogP contribution in [-0.2, 0) is 16.1 Å². The molecule has 0 radical (unpaired) electrons. The third-order valence-electron chi connectivity index (χ3n) is 4.69. The standard InChI is InChI=1S/C22H20BrN7O5/c1-3-33-17-8-13(14(23)9-18(17)34-12(2)31)10-25-27-19(32)11-30-16-7-5-4-6-15(16)26-22(30)20-21(24)29-35-28-20/h4-10H,3,11H2,1-2H3,(H2,24,29)(H,27,32)/b25-10+. The van der Waals surface area contributed by atoms with E-state index in [0.717, 1.165) is 0 Å². The van der Waals surface area contributed by atoms with E-state index in [9.17, 15) is 9.59 Å². The van der Waals surface area contributed by atoms with Crippen LogP contribution in [-0.4, -0.2) is 44.6 Å². The van der Waals surface area contributed by atoms with Crippen molar-refractivity contribution in [1.82, 2.24) is 25.3 Å². The molecule has 13 heteroatoms. The van der Waals surface area contributed by atoms with Gasteiger partial charge in [-0.3, -0.25) is 9.59 Å². The molecule has 0 saturated heterocycles. The van der Waals surface area contributed by atoms with E-state index in [0.29, 0.717) is 39.3 Å². The molecule has 2 aromatic carbocycles. The summed E-state index contributed by atoms with van der Waals surface area (Å²) >= 11 is 3.41. The largest absolute Gasteiger partial charge is 0.490 e. The van der Waals surface area contributed by atoms with E-state index in [4.69, 9.17) is 19.8 Å². The van der Waals surface area contributed by atoms with E-state index in [1.807, 2.05) is 31.2 Å². The average molecular weight is 542 g/mol. The zero-order chi connectivity index (χ0) is 24.9. The number of nitrogens with one attached hydrogen (secondary N) is 1. The number of nitrogens with zero attached hydrogens (tertiary/aromatic N) is 5. The number of halogens is 1. The lowest BCUT2D eigenvalue weighted by Crippen LogP contribution is -2.23. The van der Waals surface area contributed by atoms with Gasteiger partial charge in [-0.1, -0.05) is 12.1 Å². The molecule has 180 valence electrons. The molecule has 4 rings (SSSR count). The van der Waals surface area contributed by atoms with Gasteiger partial charge in [0.2, 0.25) is 0 Å². The van der Waals surface area contributed by atoms with Crippen LogP contribution < -0.4 is 20.6 Å². The number of ether oxygens (including phenoxy) is 2. The Morgan fingerprint density at radius 3 is 2.77 bits per heavy atom. The first-order valence-electron chi connectivity index (χ1n) is 10.4. The minimum atomic E-state index is -0.471. The molecular weight excluding hydrogens is 522 g/mol. The van der Waals surface area contributed by atoms with Crippen LogP contribution in [0.2, 0.25) is 0 Å². The molecule has 0 aliphatic carbocycles. The number of hydrazone groups is 1. The lowest BCUT2D eigenvalue weighted by molar-refractivity contribution is -0.132. The molecule has 0 fully saturated rings. The number of fused-ring (bicyclic) bond motifs is 1. The predicted octanol–water partition coefficient (Wildman–Crippen LogP) is 2.91. The summed E-state index contributed by atoms with van der Waals surface area (Å²) in [6, 6.07) is 10.5. The fraction of sp³-hybridized carbons (Fsp3) is 0.182. The molecule has 1 amide bonds. The molecule has 0 aliphatic heterocycles. The molecule has 3 N–H and O–H groups in total. The minimum absolute atomic E-state index is 0.0622. The van der Waals surface area contributed by atoms with Gasteiger partial charge in [-0.25, -0.2) is 15.0 Å². The van der Waals surface area contributed by atoms with Crippen LogP contribution in [0.15, 0.2) is 50.6 Å². The summed E-state index contributed by atoms with van der Waals surface area (Å²) in [5, 5.41) is 11.4. The number of anilines is 1. The van der Waals surface area contributed by atoms with Crippen molar-refractivity contribution in [3.8, 4) is 23.0 Å². The van der Waals surface area contributed by atoms with E-state index in [1.54, 1.807) is 16.7 Å². The molecular formula is C22H20BrN7O5. The van der Waals surface area contributed by atoms with E-state index in [-0.39, 0.29) is 23.8 Å². The highest BCUT2D eigenvalue weighted by Gasteiger charge is 2.20. The summed E-state index contributed by atoms with van der Waals surface area (Å²) < 4.78 is 17.7. The van der Waals surface area contributed by atoms with Crippen LogP contribution in [0.3, 0.4) is 0 Å². The Kier molecular flexibility index (Phi) is 7.06. The van der Waals surface area contributed by atoms with Crippen molar-refractivity contribution in [3.05, 3.63) is 46.4 Å². The van der Waals surface area contributed by atoms with Gasteiger partial charge in [0.1, 0.15) is 6.54 Å². The molecule has 0 bridgehead atoms. The first-order valence-corrected chi connectivity index (χ1v) is 11.2. The van der Waals surface area contributed by atoms with Gasteiger partial charge in [0, 0.05) is 17.0 Å². The maximum absolute atomic E-state index is 12.7. The number of hydrogen-bond donors (Lipinski definition) is 2. The van der Waals surface area contributed by atoms with Crippen LogP contribution in [0.25, 0.3) is 22.6 Å². The van der Waals surface area contributed by atoms with Crippen molar-refractivity contribution >= 4 is 50.9 Å². The molecule has 0 atom stereocenters. The summed E-state index contributed by atoms with van der Waals surface area (Å²) in [5.41, 5.74) is 10.5. The summed E-state index contributed by atoms with van der Waals surface area (Å²) in [6.07, 6.45) is 1.44. The van der Waals surface area contributed by atoms with Crippen molar-refractivity contribution in [2.75, 3.05) is 12.3 Å². The zero-order valence-electron chi connectivity index (χ0n) is 18.7. The highest BCUT2D eigenvalue weighted by Crippen LogP contribution is 2.33. The topological polar surface area (TPSA) is 160 Å². The Balaban J connectivity index is 1.54. The fourth-order valence-corrected chi connectivity index (χ4v) is 3.70. The lowest BCUT2D eigenvalue weighted by Gasteiger charge is -2.11. The number of rotatable bonds is 8. The molecule has 0 aliphatic rings. The van der Waals surface area contributed by atoms with Crippen LogP contribution in [0.1, 0.15) is 19.4 Å². The highest BCUT2D eigenvalue weighted by atomic mass is 79.9. The third kappa shape index (κ3) is 5.30. The Morgan fingerprint density at radius 1 is 1.26 bits per heavy atom. The SMILES string of the molecule is CCOc1cc(/C=N/NC(=O)Cn2c(-c3nonc3N)nc3ccccc32)c(Br)cc1OC(C)=O. The van der Waals surface area contributed by atoms with Crippen LogP contribution in [0, 0.1) is 0 Å². The number of hydrogen-bond acceptors (Lipinski definition) is 10. The first-order chi connectivity index (χ1) is 16.9. The number of esters is 1. The maximum atomic E-state index is 12.7. The van der Waals surface area contributed by atoms with Gasteiger partial charge in [-0.05, 0) is 57.4 Å². The lowest BCUT2D eigenvalue weighted by atomic mass is 10.2. The monoisotopic (exact) mass is 541 g/mol. The predicted molar refractivity (Wildman–Crippen MR) is 130 cm³/mol. The van der Waals surface area contributed by atoms with Gasteiger partial charge in [-0.15, -0.1) is 0 Å². The zero-order valence-corrected chi connectivity index (χ0v) is 20.3. The van der Waals surface area contributed by atoms with Gasteiger partial charge in [0.15, 0.2) is 28.8 Å². The number of nitrogens with two attached hydrogens (primary N) is 1. The van der Waals surface area contributed by atoms with Crippen molar-refractivity contribution in [2.24, 2.45) is 5.10 Å². The average Bonchev–Trinajstić information content (AvgIpc) is 3.39. The van der Waals surface area contributed by atoms with Gasteiger partial charge in [0.25, 0.3) is 5.91 Å². The van der Waals surface area contributed by atoms with E-state index < -0.39 is 11.9 Å². The number of benzene rings is 2. The normalized spacial score (nSPS) is 11.2. The van der Waals surface area contributed by atoms with E-state index >= 15 is 0 Å². The number of para-hydroxylation sites is 2. The number of amides is 1. The van der Waals surface area contributed by atoms with Gasteiger partial charge in [-0.2, -0.15) is 5.10 Å². The molecule has 0 spiro atoms. The summed E-state index contributed by atoms with van der Waals surface area (Å²) in [6.45, 7) is 3.37. The van der Waals surface area contributed by atoms with Crippen molar-refractivity contribution < 1.29 is 23.7 Å². The maximum Gasteiger partial charge on any atom is 0.308 e. The smallest absolute Gasteiger partial charge is 0.308 e. The summed E-state index contributed by atoms with van der Waals surface area (Å²) in [4.78, 5) is 28.6. The van der Waals surface area contributed by atoms with Crippen LogP contribution >= 0.6 is 15.9 Å². The minimum Gasteiger partial charge on any atom is -0.490 e. The number of nitrogen functional groups attached to an aromatic ring is 1. The molecule has 12 nitrogen and oxygen atoms in total. The quantitative estimate of drug-likeness (QED) is 0.148. The number of imidazole rings is 1.